The predicted octanol–water partition coefficient (Wildman–Crippen LogP) is 6.98. The summed E-state index contributed by atoms with van der Waals surface area (Å²) in [4.78, 5) is 19.2. The van der Waals surface area contributed by atoms with E-state index in [4.69, 9.17) is 4.74 Å². The smallest absolute Gasteiger partial charge is 0.257 e. The number of nitrogens with zero attached hydrogens (tertiary/aromatic N) is 2. The number of thioether (sulfide) groups is 1. The van der Waals surface area contributed by atoms with Crippen LogP contribution in [0.15, 0.2) is 35.2 Å². The van der Waals surface area contributed by atoms with E-state index >= 15 is 0 Å². The van der Waals surface area contributed by atoms with Crippen molar-refractivity contribution in [1.29, 1.82) is 0 Å². The number of methoxy groups -OCH3 is 1. The van der Waals surface area contributed by atoms with Gasteiger partial charge in [0.25, 0.3) is 11.8 Å². The van der Waals surface area contributed by atoms with Gasteiger partial charge in [-0.3, -0.25) is 4.79 Å². The number of carbonyl (C=O) groups excluding carboxylic acids is 1. The topological polar surface area (TPSA) is 44.8 Å². The first-order chi connectivity index (χ1) is 17.7. The first-order valence-corrected chi connectivity index (χ1v) is 14.4. The molecule has 2 aromatic rings. The number of amides is 1. The standard InChI is InChI=1S/C29H37F2N3O2S/c1-4-37-26-19-25(34-11-7-28(5-6-28)8-12-34)24(15-20(26)2)27(35)32-21-16-22(18-23(17-21)36-3)33-13-9-29(30,31)10-14-33/h15-19H,4-14H2,1-3H3,(H,32,35). The molecular weight excluding hydrogens is 492 g/mol. The van der Waals surface area contributed by atoms with E-state index in [-0.39, 0.29) is 31.8 Å². The van der Waals surface area contributed by atoms with E-state index in [2.05, 4.69) is 30.1 Å². The zero-order valence-electron chi connectivity index (χ0n) is 22.0. The molecule has 2 heterocycles. The Morgan fingerprint density at radius 2 is 1.65 bits per heavy atom. The van der Waals surface area contributed by atoms with Crippen molar-refractivity contribution >= 4 is 34.7 Å². The molecule has 3 fully saturated rings. The van der Waals surface area contributed by atoms with E-state index in [1.54, 1.807) is 24.9 Å². The second kappa shape index (κ2) is 10.4. The maximum Gasteiger partial charge on any atom is 0.257 e. The van der Waals surface area contributed by atoms with Gasteiger partial charge in [-0.2, -0.15) is 0 Å². The molecule has 5 nitrogen and oxygen atoms in total. The van der Waals surface area contributed by atoms with Gasteiger partial charge in [-0.05, 0) is 67.5 Å². The molecule has 37 heavy (non-hydrogen) atoms. The molecule has 0 aromatic heterocycles. The third-order valence-corrected chi connectivity index (χ3v) is 9.24. The summed E-state index contributed by atoms with van der Waals surface area (Å²) in [5, 5.41) is 3.09. The summed E-state index contributed by atoms with van der Waals surface area (Å²) in [6.45, 7) is 6.69. The molecule has 1 saturated carbocycles. The van der Waals surface area contributed by atoms with Crippen molar-refractivity contribution in [1.82, 2.24) is 0 Å². The molecule has 1 spiro atoms. The lowest BCUT2D eigenvalue weighted by atomic mass is 9.92. The van der Waals surface area contributed by atoms with Crippen LogP contribution in [-0.2, 0) is 0 Å². The zero-order chi connectivity index (χ0) is 26.2. The quantitative estimate of drug-likeness (QED) is 0.392. The van der Waals surface area contributed by atoms with E-state index in [1.165, 1.54) is 30.6 Å². The van der Waals surface area contributed by atoms with Crippen LogP contribution in [-0.4, -0.2) is 50.9 Å². The largest absolute Gasteiger partial charge is 0.497 e. The van der Waals surface area contributed by atoms with Gasteiger partial charge >= 0.3 is 0 Å². The Kier molecular flexibility index (Phi) is 7.31. The predicted molar refractivity (Wildman–Crippen MR) is 148 cm³/mol. The Bertz CT molecular complexity index is 1150. The lowest BCUT2D eigenvalue weighted by Gasteiger charge is -2.35. The van der Waals surface area contributed by atoms with Crippen molar-refractivity contribution in [2.45, 2.75) is 63.2 Å². The van der Waals surface area contributed by atoms with Crippen LogP contribution >= 0.6 is 11.8 Å². The van der Waals surface area contributed by atoms with E-state index in [1.807, 2.05) is 23.1 Å². The number of nitrogens with one attached hydrogen (secondary N) is 1. The minimum absolute atomic E-state index is 0.165. The van der Waals surface area contributed by atoms with Crippen molar-refractivity contribution in [3.05, 3.63) is 41.5 Å². The van der Waals surface area contributed by atoms with Crippen LogP contribution in [0.25, 0.3) is 0 Å². The summed E-state index contributed by atoms with van der Waals surface area (Å²) in [5.41, 5.74) is 4.70. The Hall–Kier alpha value is -2.48. The van der Waals surface area contributed by atoms with Gasteiger partial charge in [-0.25, -0.2) is 8.78 Å². The second-order valence-electron chi connectivity index (χ2n) is 10.8. The van der Waals surface area contributed by atoms with Crippen molar-refractivity contribution in [2.24, 2.45) is 5.41 Å². The van der Waals surface area contributed by atoms with Crippen LogP contribution in [0, 0.1) is 12.3 Å². The molecule has 3 aliphatic rings. The third-order valence-electron chi connectivity index (χ3n) is 8.20. The highest BCUT2D eigenvalue weighted by Gasteiger charge is 2.44. The van der Waals surface area contributed by atoms with Gasteiger partial charge in [0, 0.05) is 67.4 Å². The molecule has 0 bridgehead atoms. The molecule has 200 valence electrons. The monoisotopic (exact) mass is 529 g/mol. The number of rotatable bonds is 7. The van der Waals surface area contributed by atoms with E-state index in [0.29, 0.717) is 22.4 Å². The Morgan fingerprint density at radius 1 is 0.973 bits per heavy atom. The van der Waals surface area contributed by atoms with Crippen LogP contribution in [0.2, 0.25) is 0 Å². The van der Waals surface area contributed by atoms with Gasteiger partial charge < -0.3 is 19.9 Å². The fraction of sp³-hybridized carbons (Fsp3) is 0.552. The van der Waals surface area contributed by atoms with Gasteiger partial charge in [0.2, 0.25) is 0 Å². The maximum absolute atomic E-state index is 13.7. The first-order valence-electron chi connectivity index (χ1n) is 13.4. The Morgan fingerprint density at radius 3 is 2.27 bits per heavy atom. The number of anilines is 3. The molecule has 2 aliphatic heterocycles. The normalized spacial score (nSPS) is 20.1. The first kappa shape index (κ1) is 26.1. The van der Waals surface area contributed by atoms with Gasteiger partial charge in [0.05, 0.1) is 18.4 Å². The number of hydrogen-bond acceptors (Lipinski definition) is 5. The number of hydrogen-bond donors (Lipinski definition) is 1. The Balaban J connectivity index is 1.41. The average Bonchev–Trinajstić information content (AvgIpc) is 3.64. The highest BCUT2D eigenvalue weighted by Crippen LogP contribution is 2.54. The van der Waals surface area contributed by atoms with Gasteiger partial charge in [-0.15, -0.1) is 11.8 Å². The van der Waals surface area contributed by atoms with Crippen molar-refractivity contribution in [2.75, 3.05) is 54.2 Å². The van der Waals surface area contributed by atoms with E-state index < -0.39 is 5.92 Å². The second-order valence-corrected chi connectivity index (χ2v) is 12.1. The summed E-state index contributed by atoms with van der Waals surface area (Å²) < 4.78 is 32.9. The molecule has 0 unspecified atom stereocenters. The molecule has 0 atom stereocenters. The molecule has 1 amide bonds. The average molecular weight is 530 g/mol. The minimum Gasteiger partial charge on any atom is -0.497 e. The summed E-state index contributed by atoms with van der Waals surface area (Å²) in [6.07, 6.45) is 4.71. The lowest BCUT2D eigenvalue weighted by Crippen LogP contribution is -2.39. The Labute approximate surface area is 222 Å². The third kappa shape index (κ3) is 5.84. The van der Waals surface area contributed by atoms with Crippen LogP contribution < -0.4 is 19.9 Å². The molecule has 0 radical (unpaired) electrons. The summed E-state index contributed by atoms with van der Waals surface area (Å²) >= 11 is 1.81. The highest BCUT2D eigenvalue weighted by molar-refractivity contribution is 7.99. The summed E-state index contributed by atoms with van der Waals surface area (Å²) in [5.74, 6) is -1.22. The van der Waals surface area contributed by atoms with Gasteiger partial charge in [0.1, 0.15) is 5.75 Å². The number of aryl methyl sites for hydroxylation is 1. The molecule has 2 saturated heterocycles. The molecule has 1 aliphatic carbocycles. The van der Waals surface area contributed by atoms with Crippen LogP contribution in [0.3, 0.4) is 0 Å². The molecule has 1 N–H and O–H groups in total. The van der Waals surface area contributed by atoms with Crippen molar-refractivity contribution in [3.63, 3.8) is 0 Å². The number of halogens is 2. The van der Waals surface area contributed by atoms with Gasteiger partial charge in [-0.1, -0.05) is 6.92 Å². The van der Waals surface area contributed by atoms with Crippen molar-refractivity contribution < 1.29 is 18.3 Å². The zero-order valence-corrected chi connectivity index (χ0v) is 22.9. The van der Waals surface area contributed by atoms with E-state index in [9.17, 15) is 13.6 Å². The lowest BCUT2D eigenvalue weighted by molar-refractivity contribution is -0.0220. The highest BCUT2D eigenvalue weighted by atomic mass is 32.2. The molecular formula is C29H37F2N3O2S. The molecule has 2 aromatic carbocycles. The fourth-order valence-corrected chi connectivity index (χ4v) is 6.37. The number of piperidine rings is 2. The number of ether oxygens (including phenoxy) is 1. The minimum atomic E-state index is -2.61. The van der Waals surface area contributed by atoms with Crippen molar-refractivity contribution in [3.8, 4) is 5.75 Å². The van der Waals surface area contributed by atoms with Crippen LogP contribution in [0.1, 0.15) is 61.4 Å². The molecule has 5 rings (SSSR count). The molecule has 8 heteroatoms. The summed E-state index contributed by atoms with van der Waals surface area (Å²) in [7, 11) is 1.57. The number of alkyl halides is 2. The van der Waals surface area contributed by atoms with Crippen LogP contribution in [0.5, 0.6) is 5.75 Å². The number of benzene rings is 2. The summed E-state index contributed by atoms with van der Waals surface area (Å²) in [6, 6.07) is 9.68. The van der Waals surface area contributed by atoms with E-state index in [0.717, 1.165) is 35.8 Å². The van der Waals surface area contributed by atoms with Gasteiger partial charge in [0.15, 0.2) is 0 Å². The van der Waals surface area contributed by atoms with Crippen LogP contribution in [0.4, 0.5) is 25.8 Å². The SMILES string of the molecule is CCSc1cc(N2CCC3(CC2)CC3)c(C(=O)Nc2cc(OC)cc(N3CCC(F)(F)CC3)c2)cc1C. The fourth-order valence-electron chi connectivity index (χ4n) is 5.58. The maximum atomic E-state index is 13.7. The number of carbonyl (C=O) groups is 1.